The molecule has 0 radical (unpaired) electrons. The van der Waals surface area contributed by atoms with Gasteiger partial charge in [-0.25, -0.2) is 4.39 Å². The molecule has 3 aromatic rings. The fourth-order valence-electron chi connectivity index (χ4n) is 4.00. The molecule has 162 valence electrons. The molecule has 1 atom stereocenters. The minimum absolute atomic E-state index is 0.188. The fourth-order valence-corrected chi connectivity index (χ4v) is 4.00. The van der Waals surface area contributed by atoms with E-state index in [0.29, 0.717) is 19.8 Å². The molecule has 4 rings (SSSR count). The highest BCUT2D eigenvalue weighted by molar-refractivity contribution is 5.63. The van der Waals surface area contributed by atoms with Gasteiger partial charge >= 0.3 is 0 Å². The SMILES string of the molecule is OC(CNC1(c2ccc(F)cc2)CCOCC1)COc1ccc(-c2ccccc2)cc1. The van der Waals surface area contributed by atoms with Crippen LogP contribution >= 0.6 is 0 Å². The normalized spacial score (nSPS) is 16.6. The Bertz CT molecular complexity index is 939. The van der Waals surface area contributed by atoms with Gasteiger partial charge in [0.15, 0.2) is 0 Å². The van der Waals surface area contributed by atoms with Crippen molar-refractivity contribution < 1.29 is 19.0 Å². The van der Waals surface area contributed by atoms with E-state index in [1.807, 2.05) is 54.6 Å². The Morgan fingerprint density at radius 3 is 2.23 bits per heavy atom. The predicted molar refractivity (Wildman–Crippen MR) is 120 cm³/mol. The zero-order valence-corrected chi connectivity index (χ0v) is 17.5. The highest BCUT2D eigenvalue weighted by Gasteiger charge is 2.34. The van der Waals surface area contributed by atoms with Gasteiger partial charge in [0.25, 0.3) is 0 Å². The monoisotopic (exact) mass is 421 g/mol. The number of aliphatic hydroxyl groups excluding tert-OH is 1. The molecule has 0 amide bonds. The van der Waals surface area contributed by atoms with Crippen molar-refractivity contribution in [3.05, 3.63) is 90.2 Å². The molecule has 1 saturated heterocycles. The first-order valence-electron chi connectivity index (χ1n) is 10.7. The van der Waals surface area contributed by atoms with Gasteiger partial charge in [-0.05, 0) is 53.8 Å². The average Bonchev–Trinajstić information content (AvgIpc) is 2.83. The Kier molecular flexibility index (Phi) is 6.97. The summed E-state index contributed by atoms with van der Waals surface area (Å²) >= 11 is 0. The molecular formula is C26H28FNO3. The van der Waals surface area contributed by atoms with Crippen LogP contribution in [0.2, 0.25) is 0 Å². The maximum absolute atomic E-state index is 13.4. The fraction of sp³-hybridized carbons (Fsp3) is 0.308. The predicted octanol–water partition coefficient (Wildman–Crippen LogP) is 4.53. The standard InChI is InChI=1S/C26H28FNO3/c27-23-10-8-22(9-11-23)26(14-16-30-17-15-26)28-18-24(29)19-31-25-12-6-21(7-13-25)20-4-2-1-3-5-20/h1-13,24,28-29H,14-19H2. The molecular weight excluding hydrogens is 393 g/mol. The first-order valence-corrected chi connectivity index (χ1v) is 10.7. The van der Waals surface area contributed by atoms with Gasteiger partial charge in [0, 0.05) is 25.3 Å². The van der Waals surface area contributed by atoms with Gasteiger partial charge < -0.3 is 19.9 Å². The lowest BCUT2D eigenvalue weighted by Crippen LogP contribution is -2.50. The van der Waals surface area contributed by atoms with Crippen LogP contribution in [0.15, 0.2) is 78.9 Å². The molecule has 3 aromatic carbocycles. The topological polar surface area (TPSA) is 50.7 Å². The van der Waals surface area contributed by atoms with E-state index in [2.05, 4.69) is 17.4 Å². The van der Waals surface area contributed by atoms with Gasteiger partial charge in [0.2, 0.25) is 0 Å². The van der Waals surface area contributed by atoms with Crippen LogP contribution in [0, 0.1) is 5.82 Å². The summed E-state index contributed by atoms with van der Waals surface area (Å²) in [7, 11) is 0. The largest absolute Gasteiger partial charge is 0.491 e. The van der Waals surface area contributed by atoms with Crippen molar-refractivity contribution in [1.29, 1.82) is 0 Å². The highest BCUT2D eigenvalue weighted by Crippen LogP contribution is 2.32. The first kappa shape index (κ1) is 21.5. The molecule has 0 saturated carbocycles. The second kappa shape index (κ2) is 10.1. The molecule has 0 spiro atoms. The van der Waals surface area contributed by atoms with Gasteiger partial charge in [-0.15, -0.1) is 0 Å². The van der Waals surface area contributed by atoms with E-state index in [0.717, 1.165) is 35.3 Å². The van der Waals surface area contributed by atoms with Crippen molar-refractivity contribution in [3.63, 3.8) is 0 Å². The third kappa shape index (κ3) is 5.50. The minimum Gasteiger partial charge on any atom is -0.491 e. The summed E-state index contributed by atoms with van der Waals surface area (Å²) in [6.07, 6.45) is 0.870. The van der Waals surface area contributed by atoms with E-state index < -0.39 is 6.10 Å². The van der Waals surface area contributed by atoms with Crippen LogP contribution in [0.3, 0.4) is 0 Å². The van der Waals surface area contributed by atoms with Gasteiger partial charge in [-0.1, -0.05) is 54.6 Å². The van der Waals surface area contributed by atoms with Crippen LogP contribution in [-0.4, -0.2) is 37.6 Å². The molecule has 2 N–H and O–H groups in total. The van der Waals surface area contributed by atoms with Crippen molar-refractivity contribution in [2.45, 2.75) is 24.5 Å². The second-order valence-electron chi connectivity index (χ2n) is 7.94. The number of hydrogen-bond donors (Lipinski definition) is 2. The zero-order valence-electron chi connectivity index (χ0n) is 17.5. The molecule has 31 heavy (non-hydrogen) atoms. The van der Waals surface area contributed by atoms with Crippen LogP contribution in [-0.2, 0) is 10.3 Å². The Hall–Kier alpha value is -2.73. The first-order chi connectivity index (χ1) is 15.1. The van der Waals surface area contributed by atoms with E-state index in [4.69, 9.17) is 9.47 Å². The Balaban J connectivity index is 1.32. The summed E-state index contributed by atoms with van der Waals surface area (Å²) in [6, 6.07) is 24.6. The van der Waals surface area contributed by atoms with E-state index in [-0.39, 0.29) is 18.0 Å². The molecule has 1 aliphatic heterocycles. The Labute approximate surface area is 182 Å². The molecule has 0 bridgehead atoms. The van der Waals surface area contributed by atoms with E-state index in [1.165, 1.54) is 12.1 Å². The Morgan fingerprint density at radius 1 is 0.903 bits per heavy atom. The second-order valence-corrected chi connectivity index (χ2v) is 7.94. The lowest BCUT2D eigenvalue weighted by Gasteiger charge is -2.39. The average molecular weight is 422 g/mol. The molecule has 1 heterocycles. The van der Waals surface area contributed by atoms with Crippen molar-refractivity contribution in [2.24, 2.45) is 0 Å². The molecule has 1 aliphatic rings. The maximum atomic E-state index is 13.4. The summed E-state index contributed by atoms with van der Waals surface area (Å²) in [6.45, 7) is 1.82. The molecule has 0 aliphatic carbocycles. The van der Waals surface area contributed by atoms with Crippen molar-refractivity contribution in [3.8, 4) is 16.9 Å². The Morgan fingerprint density at radius 2 is 1.55 bits per heavy atom. The number of hydrogen-bond acceptors (Lipinski definition) is 4. The number of halogens is 1. The van der Waals surface area contributed by atoms with Gasteiger partial charge in [0.1, 0.15) is 24.3 Å². The summed E-state index contributed by atoms with van der Waals surface area (Å²) in [5, 5.41) is 14.0. The van der Waals surface area contributed by atoms with Crippen molar-refractivity contribution in [1.82, 2.24) is 5.32 Å². The third-order valence-corrected chi connectivity index (χ3v) is 5.82. The van der Waals surface area contributed by atoms with Crippen LogP contribution in [0.5, 0.6) is 5.75 Å². The summed E-state index contributed by atoms with van der Waals surface area (Å²) in [5.41, 5.74) is 2.96. The van der Waals surface area contributed by atoms with E-state index >= 15 is 0 Å². The quantitative estimate of drug-likeness (QED) is 0.561. The smallest absolute Gasteiger partial charge is 0.123 e. The van der Waals surface area contributed by atoms with E-state index in [9.17, 15) is 9.50 Å². The number of nitrogens with one attached hydrogen (secondary N) is 1. The van der Waals surface area contributed by atoms with Crippen LogP contribution in [0.4, 0.5) is 4.39 Å². The van der Waals surface area contributed by atoms with Crippen LogP contribution in [0.25, 0.3) is 11.1 Å². The van der Waals surface area contributed by atoms with Crippen LogP contribution in [0.1, 0.15) is 18.4 Å². The van der Waals surface area contributed by atoms with Crippen molar-refractivity contribution >= 4 is 0 Å². The summed E-state index contributed by atoms with van der Waals surface area (Å²) < 4.78 is 24.7. The third-order valence-electron chi connectivity index (χ3n) is 5.82. The zero-order chi connectivity index (χ0) is 21.5. The highest BCUT2D eigenvalue weighted by atomic mass is 19.1. The number of benzene rings is 3. The molecule has 5 heteroatoms. The van der Waals surface area contributed by atoms with Crippen LogP contribution < -0.4 is 10.1 Å². The van der Waals surface area contributed by atoms with E-state index in [1.54, 1.807) is 0 Å². The van der Waals surface area contributed by atoms with Crippen molar-refractivity contribution in [2.75, 3.05) is 26.4 Å². The number of ether oxygens (including phenoxy) is 2. The maximum Gasteiger partial charge on any atom is 0.123 e. The van der Waals surface area contributed by atoms with Gasteiger partial charge in [-0.3, -0.25) is 0 Å². The lowest BCUT2D eigenvalue weighted by molar-refractivity contribution is 0.0257. The summed E-state index contributed by atoms with van der Waals surface area (Å²) in [4.78, 5) is 0. The lowest BCUT2D eigenvalue weighted by atomic mass is 9.82. The van der Waals surface area contributed by atoms with Gasteiger partial charge in [0.05, 0.1) is 0 Å². The molecule has 1 unspecified atom stereocenters. The molecule has 4 nitrogen and oxygen atoms in total. The minimum atomic E-state index is -0.672. The number of aliphatic hydroxyl groups is 1. The van der Waals surface area contributed by atoms with Gasteiger partial charge in [-0.2, -0.15) is 0 Å². The summed E-state index contributed by atoms with van der Waals surface area (Å²) in [5.74, 6) is 0.468. The molecule has 0 aromatic heterocycles. The molecule has 1 fully saturated rings. The number of rotatable bonds is 8.